The lowest BCUT2D eigenvalue weighted by Crippen LogP contribution is -2.28. The van der Waals surface area contributed by atoms with E-state index >= 15 is 0 Å². The molecule has 0 saturated carbocycles. The van der Waals surface area contributed by atoms with E-state index in [2.05, 4.69) is 61.6 Å². The van der Waals surface area contributed by atoms with Gasteiger partial charge in [0.25, 0.3) is 5.88 Å². The van der Waals surface area contributed by atoms with Crippen LogP contribution in [0.3, 0.4) is 0 Å². The predicted octanol–water partition coefficient (Wildman–Crippen LogP) is 5.13. The largest absolute Gasteiger partial charge is 0.497 e. The minimum absolute atomic E-state index is 0.0346. The molecular weight excluding hydrogens is 462 g/mol. The van der Waals surface area contributed by atoms with Crippen LogP contribution in [0.1, 0.15) is 62.0 Å². The maximum atomic E-state index is 11.7. The summed E-state index contributed by atoms with van der Waals surface area (Å²) in [5, 5.41) is 4.55. The predicted molar refractivity (Wildman–Crippen MR) is 141 cm³/mol. The highest BCUT2D eigenvalue weighted by molar-refractivity contribution is 7.86. The molecule has 0 N–H and O–H groups in total. The summed E-state index contributed by atoms with van der Waals surface area (Å²) in [6, 6.07) is 8.99. The van der Waals surface area contributed by atoms with Crippen LogP contribution in [0.2, 0.25) is 0 Å². The molecule has 8 heteroatoms. The van der Waals surface area contributed by atoms with Crippen molar-refractivity contribution >= 4 is 16.2 Å². The van der Waals surface area contributed by atoms with E-state index in [4.69, 9.17) is 8.92 Å². The first-order valence-electron chi connectivity index (χ1n) is 12.1. The van der Waals surface area contributed by atoms with Crippen LogP contribution < -0.4 is 4.18 Å². The Balaban J connectivity index is 1.75. The first kappa shape index (κ1) is 27.0. The van der Waals surface area contributed by atoms with Gasteiger partial charge in [-0.25, -0.2) is 0 Å². The van der Waals surface area contributed by atoms with Crippen LogP contribution >= 0.6 is 0 Å². The van der Waals surface area contributed by atoms with Crippen LogP contribution in [0, 0.1) is 12.3 Å². The molecule has 192 valence electrons. The van der Waals surface area contributed by atoms with Gasteiger partial charge in [-0.2, -0.15) is 8.42 Å². The maximum Gasteiger partial charge on any atom is 0.307 e. The van der Waals surface area contributed by atoms with E-state index in [1.54, 1.807) is 7.11 Å². The first-order valence-corrected chi connectivity index (χ1v) is 13.9. The highest BCUT2D eigenvalue weighted by Gasteiger charge is 2.27. The van der Waals surface area contributed by atoms with Crippen molar-refractivity contribution in [1.29, 1.82) is 0 Å². The van der Waals surface area contributed by atoms with Crippen LogP contribution in [0.5, 0.6) is 5.88 Å². The van der Waals surface area contributed by atoms with Crippen LogP contribution in [-0.2, 0) is 27.8 Å². The van der Waals surface area contributed by atoms with Gasteiger partial charge < -0.3 is 8.92 Å². The molecule has 0 aliphatic carbocycles. The molecular formula is C27H39N3O4S. The van der Waals surface area contributed by atoms with E-state index in [-0.39, 0.29) is 11.3 Å². The Hall–Kier alpha value is -2.58. The van der Waals surface area contributed by atoms with E-state index in [0.717, 1.165) is 55.4 Å². The first-order chi connectivity index (χ1) is 16.4. The number of benzene rings is 1. The van der Waals surface area contributed by atoms with Crippen molar-refractivity contribution in [3.05, 3.63) is 65.1 Å². The Morgan fingerprint density at radius 1 is 1.23 bits per heavy atom. The molecule has 0 amide bonds. The molecule has 1 fully saturated rings. The van der Waals surface area contributed by atoms with E-state index < -0.39 is 10.1 Å². The van der Waals surface area contributed by atoms with Gasteiger partial charge in [-0.05, 0) is 55.3 Å². The molecule has 7 nitrogen and oxygen atoms in total. The maximum absolute atomic E-state index is 11.7. The Kier molecular flexibility index (Phi) is 8.49. The number of aromatic nitrogens is 2. The Morgan fingerprint density at radius 2 is 1.91 bits per heavy atom. The number of methoxy groups -OCH3 is 1. The summed E-state index contributed by atoms with van der Waals surface area (Å²) < 4.78 is 35.7. The SMILES string of the molecule is C=C(C=Cc1ccc([C@@H]2CCCN2CCn2nc(OS(C)(=O)=O)c(C)c2CC(C)(C)C)cc1)OC. The molecule has 1 aliphatic heterocycles. The quantitative estimate of drug-likeness (QED) is 0.255. The van der Waals surface area contributed by atoms with Crippen LogP contribution in [-0.4, -0.2) is 49.6 Å². The molecule has 2 heterocycles. The van der Waals surface area contributed by atoms with Crippen molar-refractivity contribution in [3.8, 4) is 5.88 Å². The molecule has 2 aromatic rings. The van der Waals surface area contributed by atoms with Gasteiger partial charge in [0.05, 0.1) is 19.9 Å². The topological polar surface area (TPSA) is 73.7 Å². The summed E-state index contributed by atoms with van der Waals surface area (Å²) in [4.78, 5) is 2.49. The van der Waals surface area contributed by atoms with Crippen LogP contribution in [0.15, 0.2) is 42.7 Å². The zero-order chi connectivity index (χ0) is 25.8. The van der Waals surface area contributed by atoms with Gasteiger partial charge >= 0.3 is 10.1 Å². The van der Waals surface area contributed by atoms with Gasteiger partial charge in [0.2, 0.25) is 0 Å². The lowest BCUT2D eigenvalue weighted by atomic mass is 9.89. The van der Waals surface area contributed by atoms with E-state index in [9.17, 15) is 8.42 Å². The second-order valence-electron chi connectivity index (χ2n) is 10.5. The average molecular weight is 502 g/mol. The van der Waals surface area contributed by atoms with Crippen molar-refractivity contribution in [2.75, 3.05) is 26.5 Å². The Bertz CT molecular complexity index is 1160. The van der Waals surface area contributed by atoms with Crippen molar-refractivity contribution in [2.24, 2.45) is 5.41 Å². The number of rotatable bonds is 10. The fraction of sp³-hybridized carbons (Fsp3) is 0.519. The van der Waals surface area contributed by atoms with Crippen molar-refractivity contribution in [2.45, 2.75) is 59.5 Å². The second kappa shape index (κ2) is 11.0. The minimum atomic E-state index is -3.64. The van der Waals surface area contributed by atoms with Crippen LogP contribution in [0.25, 0.3) is 6.08 Å². The standard InChI is InChI=1S/C27H39N3O4S/c1-20(33-6)10-11-22-12-14-23(15-13-22)24-9-8-16-29(24)17-18-30-25(19-27(3,4)5)21(2)26(28-30)34-35(7,31)32/h10-15,24H,1,8-9,16-19H2,2-7H3/t24-/m0/s1. The molecule has 0 spiro atoms. The molecule has 1 aromatic heterocycles. The molecule has 0 bridgehead atoms. The van der Waals surface area contributed by atoms with E-state index in [0.29, 0.717) is 18.3 Å². The molecule has 0 radical (unpaired) electrons. The summed E-state index contributed by atoms with van der Waals surface area (Å²) in [7, 11) is -2.03. The Morgan fingerprint density at radius 3 is 2.51 bits per heavy atom. The smallest absolute Gasteiger partial charge is 0.307 e. The van der Waals surface area contributed by atoms with E-state index in [1.807, 2.05) is 23.8 Å². The van der Waals surface area contributed by atoms with Crippen molar-refractivity contribution in [3.63, 3.8) is 0 Å². The summed E-state index contributed by atoms with van der Waals surface area (Å²) >= 11 is 0. The van der Waals surface area contributed by atoms with Gasteiger partial charge in [0, 0.05) is 23.8 Å². The fourth-order valence-corrected chi connectivity index (χ4v) is 4.92. The summed E-state index contributed by atoms with van der Waals surface area (Å²) in [5.74, 6) is 0.811. The summed E-state index contributed by atoms with van der Waals surface area (Å²) in [5.41, 5.74) is 4.27. The summed E-state index contributed by atoms with van der Waals surface area (Å²) in [6.07, 6.45) is 7.96. The van der Waals surface area contributed by atoms with Gasteiger partial charge in [-0.15, -0.1) is 5.10 Å². The Labute approximate surface area is 210 Å². The zero-order valence-electron chi connectivity index (χ0n) is 21.9. The van der Waals surface area contributed by atoms with Gasteiger partial charge in [-0.3, -0.25) is 9.58 Å². The fourth-order valence-electron chi connectivity index (χ4n) is 4.48. The van der Waals surface area contributed by atoms with Gasteiger partial charge in [0.15, 0.2) is 0 Å². The van der Waals surface area contributed by atoms with Gasteiger partial charge in [-0.1, -0.05) is 57.7 Å². The highest BCUT2D eigenvalue weighted by Crippen LogP contribution is 2.33. The number of nitrogens with zero attached hydrogens (tertiary/aromatic N) is 3. The number of hydrogen-bond donors (Lipinski definition) is 0. The monoisotopic (exact) mass is 501 g/mol. The minimum Gasteiger partial charge on any atom is -0.497 e. The molecule has 3 rings (SSSR count). The van der Waals surface area contributed by atoms with E-state index in [1.165, 1.54) is 5.56 Å². The van der Waals surface area contributed by atoms with Crippen molar-refractivity contribution in [1.82, 2.24) is 14.7 Å². The second-order valence-corrected chi connectivity index (χ2v) is 12.1. The molecule has 1 saturated heterocycles. The third-order valence-electron chi connectivity index (χ3n) is 6.21. The lowest BCUT2D eigenvalue weighted by molar-refractivity contribution is 0.240. The molecule has 1 atom stereocenters. The van der Waals surface area contributed by atoms with Gasteiger partial charge in [0.1, 0.15) is 5.76 Å². The highest BCUT2D eigenvalue weighted by atomic mass is 32.2. The number of likely N-dealkylation sites (tertiary alicyclic amines) is 1. The lowest BCUT2D eigenvalue weighted by Gasteiger charge is -2.26. The molecule has 35 heavy (non-hydrogen) atoms. The molecule has 1 aliphatic rings. The zero-order valence-corrected chi connectivity index (χ0v) is 22.7. The molecule has 0 unspecified atom stereocenters. The number of ether oxygens (including phenoxy) is 1. The van der Waals surface area contributed by atoms with Crippen molar-refractivity contribution < 1.29 is 17.3 Å². The summed E-state index contributed by atoms with van der Waals surface area (Å²) in [6.45, 7) is 14.7. The number of hydrogen-bond acceptors (Lipinski definition) is 6. The van der Waals surface area contributed by atoms with Crippen LogP contribution in [0.4, 0.5) is 0 Å². The third-order valence-corrected chi connectivity index (χ3v) is 6.67. The average Bonchev–Trinajstić information content (AvgIpc) is 3.34. The third kappa shape index (κ3) is 7.70. The normalized spacial score (nSPS) is 17.3. The number of allylic oxidation sites excluding steroid dienone is 1. The molecule has 1 aromatic carbocycles.